The van der Waals surface area contributed by atoms with Gasteiger partial charge in [-0.2, -0.15) is 0 Å². The van der Waals surface area contributed by atoms with Gasteiger partial charge in [-0.1, -0.05) is 12.1 Å². The molecule has 3 rings (SSSR count). The number of hydrogen-bond donors (Lipinski definition) is 1. The van der Waals surface area contributed by atoms with Crippen LogP contribution in [-0.2, 0) is 9.59 Å². The highest BCUT2D eigenvalue weighted by Gasteiger charge is 2.29. The number of hydrogen-bond acceptors (Lipinski definition) is 3. The lowest BCUT2D eigenvalue weighted by atomic mass is 9.89. The molecular weight excluding hydrogens is 266 g/mol. The van der Waals surface area contributed by atoms with Gasteiger partial charge in [0, 0.05) is 12.1 Å². The van der Waals surface area contributed by atoms with E-state index in [1.54, 1.807) is 12.1 Å². The zero-order valence-corrected chi connectivity index (χ0v) is 11.5. The molecule has 1 aromatic heterocycles. The van der Waals surface area contributed by atoms with E-state index in [0.29, 0.717) is 18.5 Å². The van der Waals surface area contributed by atoms with Gasteiger partial charge in [0.25, 0.3) is 0 Å². The SMILES string of the molecule is [C-]#[N+]c1ccc2cc(C3CCC(=O)NC3=O)c(C)nc2c1. The second kappa shape index (κ2) is 4.98. The summed E-state index contributed by atoms with van der Waals surface area (Å²) in [5, 5.41) is 3.27. The Bertz CT molecular complexity index is 805. The van der Waals surface area contributed by atoms with Crippen molar-refractivity contribution in [2.45, 2.75) is 25.7 Å². The zero-order valence-electron chi connectivity index (χ0n) is 11.5. The molecule has 2 aromatic rings. The van der Waals surface area contributed by atoms with E-state index >= 15 is 0 Å². The molecule has 0 radical (unpaired) electrons. The predicted molar refractivity (Wildman–Crippen MR) is 77.9 cm³/mol. The van der Waals surface area contributed by atoms with Crippen LogP contribution in [-0.4, -0.2) is 16.8 Å². The number of nitrogens with one attached hydrogen (secondary N) is 1. The Labute approximate surface area is 121 Å². The van der Waals surface area contributed by atoms with Gasteiger partial charge in [0.05, 0.1) is 18.0 Å². The summed E-state index contributed by atoms with van der Waals surface area (Å²) in [7, 11) is 0. The summed E-state index contributed by atoms with van der Waals surface area (Å²) in [6, 6.07) is 7.25. The average Bonchev–Trinajstić information content (AvgIpc) is 2.46. The Kier molecular flexibility index (Phi) is 3.15. The van der Waals surface area contributed by atoms with E-state index in [2.05, 4.69) is 15.1 Å². The van der Waals surface area contributed by atoms with E-state index in [-0.39, 0.29) is 17.7 Å². The van der Waals surface area contributed by atoms with E-state index in [0.717, 1.165) is 22.2 Å². The number of rotatable bonds is 1. The van der Waals surface area contributed by atoms with Crippen LogP contribution in [0.25, 0.3) is 15.7 Å². The fraction of sp³-hybridized carbons (Fsp3) is 0.250. The van der Waals surface area contributed by atoms with Crippen LogP contribution in [0.1, 0.15) is 30.0 Å². The van der Waals surface area contributed by atoms with Crippen molar-refractivity contribution >= 4 is 28.4 Å². The van der Waals surface area contributed by atoms with Gasteiger partial charge >= 0.3 is 0 Å². The van der Waals surface area contributed by atoms with Crippen LogP contribution in [0.3, 0.4) is 0 Å². The average molecular weight is 279 g/mol. The molecule has 0 aliphatic carbocycles. The highest BCUT2D eigenvalue weighted by atomic mass is 16.2. The van der Waals surface area contributed by atoms with E-state index in [1.807, 2.05) is 19.1 Å². The van der Waals surface area contributed by atoms with Gasteiger partial charge in [0.15, 0.2) is 5.69 Å². The lowest BCUT2D eigenvalue weighted by Crippen LogP contribution is -2.39. The lowest BCUT2D eigenvalue weighted by molar-refractivity contribution is -0.134. The topological polar surface area (TPSA) is 63.4 Å². The maximum absolute atomic E-state index is 12.0. The molecule has 1 fully saturated rings. The number of benzene rings is 1. The molecule has 1 atom stereocenters. The van der Waals surface area contributed by atoms with Crippen molar-refractivity contribution in [2.24, 2.45) is 0 Å². The maximum atomic E-state index is 12.0. The van der Waals surface area contributed by atoms with E-state index in [4.69, 9.17) is 6.57 Å². The number of imide groups is 1. The zero-order chi connectivity index (χ0) is 15.0. The van der Waals surface area contributed by atoms with Crippen molar-refractivity contribution in [1.29, 1.82) is 0 Å². The van der Waals surface area contributed by atoms with Crippen LogP contribution < -0.4 is 5.32 Å². The van der Waals surface area contributed by atoms with Crippen molar-refractivity contribution < 1.29 is 9.59 Å². The van der Waals surface area contributed by atoms with Crippen LogP contribution in [0.5, 0.6) is 0 Å². The normalized spacial score (nSPS) is 18.4. The first-order valence-electron chi connectivity index (χ1n) is 6.71. The summed E-state index contributed by atoms with van der Waals surface area (Å²) < 4.78 is 0. The smallest absolute Gasteiger partial charge is 0.234 e. The van der Waals surface area contributed by atoms with E-state index in [9.17, 15) is 9.59 Å². The van der Waals surface area contributed by atoms with Crippen LogP contribution in [0.15, 0.2) is 24.3 Å². The first kappa shape index (κ1) is 13.3. The van der Waals surface area contributed by atoms with Crippen molar-refractivity contribution in [3.63, 3.8) is 0 Å². The fourth-order valence-corrected chi connectivity index (χ4v) is 2.68. The number of pyridine rings is 1. The third-order valence-corrected chi connectivity index (χ3v) is 3.77. The quantitative estimate of drug-likeness (QED) is 0.644. The first-order valence-corrected chi connectivity index (χ1v) is 6.71. The summed E-state index contributed by atoms with van der Waals surface area (Å²) in [5.74, 6) is -0.808. The molecule has 1 saturated heterocycles. The first-order chi connectivity index (χ1) is 10.1. The highest BCUT2D eigenvalue weighted by Crippen LogP contribution is 2.30. The molecule has 21 heavy (non-hydrogen) atoms. The highest BCUT2D eigenvalue weighted by molar-refractivity contribution is 6.01. The monoisotopic (exact) mass is 279 g/mol. The van der Waals surface area contributed by atoms with Crippen LogP contribution >= 0.6 is 0 Å². The molecule has 2 amide bonds. The lowest BCUT2D eigenvalue weighted by Gasteiger charge is -2.22. The number of aryl methyl sites for hydroxylation is 1. The predicted octanol–water partition coefficient (Wildman–Crippen LogP) is 2.61. The summed E-state index contributed by atoms with van der Waals surface area (Å²) in [6.45, 7) is 8.88. The molecule has 5 heteroatoms. The van der Waals surface area contributed by atoms with Gasteiger partial charge in [-0.25, -0.2) is 4.85 Å². The van der Waals surface area contributed by atoms with Gasteiger partial charge in [0.1, 0.15) is 0 Å². The summed E-state index contributed by atoms with van der Waals surface area (Å²) >= 11 is 0. The third-order valence-electron chi connectivity index (χ3n) is 3.77. The second-order valence-electron chi connectivity index (χ2n) is 5.16. The molecule has 5 nitrogen and oxygen atoms in total. The Morgan fingerprint density at radius 2 is 2.14 bits per heavy atom. The number of carbonyl (C=O) groups excluding carboxylic acids is 2. The molecule has 1 unspecified atom stereocenters. The third kappa shape index (κ3) is 2.36. The molecular formula is C16H13N3O2. The molecule has 1 aliphatic heterocycles. The molecule has 1 N–H and O–H groups in total. The number of fused-ring (bicyclic) bond motifs is 1. The van der Waals surface area contributed by atoms with E-state index < -0.39 is 0 Å². The van der Waals surface area contributed by atoms with Gasteiger partial charge in [-0.15, -0.1) is 0 Å². The van der Waals surface area contributed by atoms with Crippen molar-refractivity contribution in [2.75, 3.05) is 0 Å². The standard InChI is InChI=1S/C16H13N3O2/c1-9-13(12-5-6-15(20)19-16(12)21)7-10-3-4-11(17-2)8-14(10)18-9/h3-4,7-8,12H,5-6H2,1H3,(H,19,20,21). The minimum Gasteiger partial charge on any atom is -0.296 e. The van der Waals surface area contributed by atoms with Crippen LogP contribution in [0.2, 0.25) is 0 Å². The van der Waals surface area contributed by atoms with Crippen molar-refractivity contribution in [3.8, 4) is 0 Å². The Morgan fingerprint density at radius 3 is 2.86 bits per heavy atom. The number of carbonyl (C=O) groups is 2. The minimum absolute atomic E-state index is 0.218. The van der Waals surface area contributed by atoms with E-state index in [1.165, 1.54) is 0 Å². The largest absolute Gasteiger partial charge is 0.296 e. The summed E-state index contributed by atoms with van der Waals surface area (Å²) in [6.07, 6.45) is 0.864. The Hall–Kier alpha value is -2.74. The molecule has 1 aromatic carbocycles. The van der Waals surface area contributed by atoms with Gasteiger partial charge in [0.2, 0.25) is 11.8 Å². The Morgan fingerprint density at radius 1 is 1.33 bits per heavy atom. The van der Waals surface area contributed by atoms with Crippen molar-refractivity contribution in [3.05, 3.63) is 46.9 Å². The molecule has 104 valence electrons. The van der Waals surface area contributed by atoms with Crippen LogP contribution in [0.4, 0.5) is 5.69 Å². The minimum atomic E-state index is -0.333. The fourth-order valence-electron chi connectivity index (χ4n) is 2.68. The molecule has 2 heterocycles. The van der Waals surface area contributed by atoms with Crippen LogP contribution in [0, 0.1) is 13.5 Å². The summed E-state index contributed by atoms with van der Waals surface area (Å²) in [4.78, 5) is 31.1. The molecule has 0 bridgehead atoms. The summed E-state index contributed by atoms with van der Waals surface area (Å²) in [5.41, 5.74) is 2.90. The molecule has 0 saturated carbocycles. The number of piperidine rings is 1. The van der Waals surface area contributed by atoms with Gasteiger partial charge < -0.3 is 0 Å². The number of nitrogens with zero attached hydrogens (tertiary/aromatic N) is 2. The Balaban J connectivity index is 2.07. The molecule has 1 aliphatic rings. The van der Waals surface area contributed by atoms with Gasteiger partial charge in [-0.05, 0) is 36.4 Å². The number of aromatic nitrogens is 1. The number of amides is 2. The molecule has 0 spiro atoms. The van der Waals surface area contributed by atoms with Crippen molar-refractivity contribution in [1.82, 2.24) is 10.3 Å². The second-order valence-corrected chi connectivity index (χ2v) is 5.16. The van der Waals surface area contributed by atoms with Gasteiger partial charge in [-0.3, -0.25) is 19.9 Å². The maximum Gasteiger partial charge on any atom is 0.234 e.